The Morgan fingerprint density at radius 1 is 1.53 bits per heavy atom. The normalized spacial score (nSPS) is 10.2. The van der Waals surface area contributed by atoms with E-state index in [4.69, 9.17) is 0 Å². The number of esters is 1. The molecular weight excluding hydrogens is 222 g/mol. The van der Waals surface area contributed by atoms with Crippen molar-refractivity contribution in [2.75, 3.05) is 7.11 Å². The fourth-order valence-electron chi connectivity index (χ4n) is 1.40. The lowest BCUT2D eigenvalue weighted by atomic mass is 10.2. The largest absolute Gasteiger partial charge is 0.508 e. The highest BCUT2D eigenvalue weighted by Crippen LogP contribution is 2.11. The molecule has 0 amide bonds. The summed E-state index contributed by atoms with van der Waals surface area (Å²) in [5.41, 5.74) is 0.867. The molecule has 0 saturated heterocycles. The molecule has 1 heterocycles. The molecule has 0 spiro atoms. The van der Waals surface area contributed by atoms with Crippen LogP contribution in [0.3, 0.4) is 0 Å². The first kappa shape index (κ1) is 11.1. The fraction of sp³-hybridized carbons (Fsp3) is 0.182. The molecule has 0 bridgehead atoms. The maximum Gasteiger partial charge on any atom is 0.377 e. The van der Waals surface area contributed by atoms with Crippen LogP contribution in [0.2, 0.25) is 0 Å². The van der Waals surface area contributed by atoms with Gasteiger partial charge in [0.15, 0.2) is 0 Å². The van der Waals surface area contributed by atoms with Crippen LogP contribution in [0.5, 0.6) is 5.75 Å². The number of phenolic OH excluding ortho intramolecular Hbond substituents is 1. The van der Waals surface area contributed by atoms with E-state index in [1.807, 2.05) is 6.07 Å². The molecule has 0 atom stereocenters. The van der Waals surface area contributed by atoms with Gasteiger partial charge in [-0.2, -0.15) is 0 Å². The van der Waals surface area contributed by atoms with E-state index in [9.17, 15) is 9.90 Å². The minimum atomic E-state index is -0.570. The van der Waals surface area contributed by atoms with Gasteiger partial charge in [0.1, 0.15) is 12.1 Å². The van der Waals surface area contributed by atoms with E-state index in [0.717, 1.165) is 5.56 Å². The zero-order valence-corrected chi connectivity index (χ0v) is 9.20. The summed E-state index contributed by atoms with van der Waals surface area (Å²) in [5.74, 6) is -0.358. The summed E-state index contributed by atoms with van der Waals surface area (Å²) in [7, 11) is 1.28. The molecule has 2 aromatic rings. The van der Waals surface area contributed by atoms with Gasteiger partial charge in [-0.25, -0.2) is 14.5 Å². The van der Waals surface area contributed by atoms with Gasteiger partial charge >= 0.3 is 5.97 Å². The van der Waals surface area contributed by atoms with Gasteiger partial charge in [0.25, 0.3) is 5.82 Å². The number of aromatic nitrogens is 3. The van der Waals surface area contributed by atoms with E-state index >= 15 is 0 Å². The van der Waals surface area contributed by atoms with E-state index in [1.54, 1.807) is 18.2 Å². The topological polar surface area (TPSA) is 77.2 Å². The number of methoxy groups -OCH3 is 1. The Bertz CT molecular complexity index is 536. The first-order valence-corrected chi connectivity index (χ1v) is 4.94. The summed E-state index contributed by atoms with van der Waals surface area (Å²) in [5, 5.41) is 13.3. The number of hydrogen-bond acceptors (Lipinski definition) is 5. The molecule has 0 radical (unpaired) electrons. The highest BCUT2D eigenvalue weighted by molar-refractivity contribution is 5.84. The van der Waals surface area contributed by atoms with Crippen molar-refractivity contribution in [1.82, 2.24) is 14.8 Å². The van der Waals surface area contributed by atoms with Gasteiger partial charge in [-0.05, 0) is 17.7 Å². The van der Waals surface area contributed by atoms with Gasteiger partial charge < -0.3 is 9.84 Å². The molecule has 0 saturated carbocycles. The molecule has 1 N–H and O–H groups in total. The average Bonchev–Trinajstić information content (AvgIpc) is 2.76. The summed E-state index contributed by atoms with van der Waals surface area (Å²) in [4.78, 5) is 15.0. The van der Waals surface area contributed by atoms with Crippen molar-refractivity contribution < 1.29 is 14.6 Å². The Morgan fingerprint density at radius 3 is 3.06 bits per heavy atom. The van der Waals surface area contributed by atoms with Crippen molar-refractivity contribution in [3.63, 3.8) is 0 Å². The van der Waals surface area contributed by atoms with Crippen LogP contribution in [0.4, 0.5) is 0 Å². The van der Waals surface area contributed by atoms with Crippen LogP contribution in [0, 0.1) is 0 Å². The molecule has 17 heavy (non-hydrogen) atoms. The predicted molar refractivity (Wildman–Crippen MR) is 58.6 cm³/mol. The molecule has 6 heteroatoms. The Kier molecular flexibility index (Phi) is 3.04. The number of ether oxygens (including phenoxy) is 1. The Labute approximate surface area is 97.5 Å². The molecule has 0 aliphatic heterocycles. The molecule has 1 aromatic heterocycles. The first-order valence-electron chi connectivity index (χ1n) is 4.94. The van der Waals surface area contributed by atoms with Crippen LogP contribution in [0.15, 0.2) is 30.6 Å². The number of rotatable bonds is 3. The number of benzene rings is 1. The minimum Gasteiger partial charge on any atom is -0.508 e. The van der Waals surface area contributed by atoms with Gasteiger partial charge in [0.2, 0.25) is 0 Å². The standard InChI is InChI=1S/C11H11N3O3/c1-17-11(16)10-12-7-14(13-10)6-8-3-2-4-9(15)5-8/h2-5,7,15H,6H2,1H3. The van der Waals surface area contributed by atoms with E-state index in [2.05, 4.69) is 14.8 Å². The highest BCUT2D eigenvalue weighted by Gasteiger charge is 2.11. The molecular formula is C11H11N3O3. The average molecular weight is 233 g/mol. The Morgan fingerprint density at radius 2 is 2.35 bits per heavy atom. The molecule has 88 valence electrons. The van der Waals surface area contributed by atoms with Gasteiger partial charge in [-0.1, -0.05) is 12.1 Å². The molecule has 0 aliphatic carbocycles. The van der Waals surface area contributed by atoms with Crippen molar-refractivity contribution in [3.05, 3.63) is 42.0 Å². The Hall–Kier alpha value is -2.37. The van der Waals surface area contributed by atoms with E-state index in [0.29, 0.717) is 6.54 Å². The van der Waals surface area contributed by atoms with Crippen molar-refractivity contribution in [2.45, 2.75) is 6.54 Å². The highest BCUT2D eigenvalue weighted by atomic mass is 16.5. The summed E-state index contributed by atoms with van der Waals surface area (Å²) < 4.78 is 6.00. The zero-order valence-electron chi connectivity index (χ0n) is 9.20. The maximum atomic E-state index is 11.1. The lowest BCUT2D eigenvalue weighted by molar-refractivity contribution is 0.0586. The molecule has 2 rings (SSSR count). The summed E-state index contributed by atoms with van der Waals surface area (Å²) >= 11 is 0. The van der Waals surface area contributed by atoms with Crippen LogP contribution in [0.1, 0.15) is 16.2 Å². The van der Waals surface area contributed by atoms with Gasteiger partial charge in [-0.3, -0.25) is 0 Å². The fourth-order valence-corrected chi connectivity index (χ4v) is 1.40. The first-order chi connectivity index (χ1) is 8.19. The van der Waals surface area contributed by atoms with Crippen molar-refractivity contribution in [2.24, 2.45) is 0 Å². The van der Waals surface area contributed by atoms with Crippen LogP contribution in [-0.4, -0.2) is 33.0 Å². The minimum absolute atomic E-state index is 0.0210. The second-order valence-electron chi connectivity index (χ2n) is 3.43. The lowest BCUT2D eigenvalue weighted by Gasteiger charge is -2.01. The van der Waals surface area contributed by atoms with Gasteiger partial charge in [0, 0.05) is 0 Å². The third-order valence-electron chi connectivity index (χ3n) is 2.16. The molecule has 6 nitrogen and oxygen atoms in total. The second kappa shape index (κ2) is 4.65. The third-order valence-corrected chi connectivity index (χ3v) is 2.16. The Balaban J connectivity index is 2.14. The quantitative estimate of drug-likeness (QED) is 0.794. The predicted octanol–water partition coefficient (Wildman–Crippen LogP) is 0.819. The van der Waals surface area contributed by atoms with Crippen molar-refractivity contribution in [3.8, 4) is 5.75 Å². The van der Waals surface area contributed by atoms with Crippen molar-refractivity contribution in [1.29, 1.82) is 0 Å². The number of nitrogens with zero attached hydrogens (tertiary/aromatic N) is 3. The SMILES string of the molecule is COC(=O)c1ncn(Cc2cccc(O)c2)n1. The number of aromatic hydroxyl groups is 1. The summed E-state index contributed by atoms with van der Waals surface area (Å²) in [6.45, 7) is 0.429. The molecule has 0 unspecified atom stereocenters. The van der Waals surface area contributed by atoms with E-state index in [-0.39, 0.29) is 11.6 Å². The summed E-state index contributed by atoms with van der Waals surface area (Å²) in [6, 6.07) is 6.80. The van der Waals surface area contributed by atoms with Gasteiger partial charge in [-0.15, -0.1) is 5.10 Å². The monoisotopic (exact) mass is 233 g/mol. The van der Waals surface area contributed by atoms with E-state index < -0.39 is 5.97 Å². The molecule has 0 fully saturated rings. The van der Waals surface area contributed by atoms with Crippen LogP contribution in [0.25, 0.3) is 0 Å². The van der Waals surface area contributed by atoms with Gasteiger partial charge in [0.05, 0.1) is 13.7 Å². The maximum absolute atomic E-state index is 11.1. The lowest BCUT2D eigenvalue weighted by Crippen LogP contribution is -2.06. The number of hydrogen-bond donors (Lipinski definition) is 1. The number of phenols is 1. The zero-order chi connectivity index (χ0) is 12.3. The van der Waals surface area contributed by atoms with Crippen LogP contribution in [-0.2, 0) is 11.3 Å². The van der Waals surface area contributed by atoms with Crippen LogP contribution < -0.4 is 0 Å². The number of carbonyl (C=O) groups is 1. The summed E-state index contributed by atoms with van der Waals surface area (Å²) in [6.07, 6.45) is 1.44. The number of carbonyl (C=O) groups excluding carboxylic acids is 1. The van der Waals surface area contributed by atoms with E-state index in [1.165, 1.54) is 18.1 Å². The molecule has 0 aliphatic rings. The van der Waals surface area contributed by atoms with Crippen LogP contribution >= 0.6 is 0 Å². The van der Waals surface area contributed by atoms with Crippen molar-refractivity contribution >= 4 is 5.97 Å². The third kappa shape index (κ3) is 2.60. The molecule has 1 aromatic carbocycles. The smallest absolute Gasteiger partial charge is 0.377 e. The second-order valence-corrected chi connectivity index (χ2v) is 3.43.